The summed E-state index contributed by atoms with van der Waals surface area (Å²) < 4.78 is 5.16. The summed E-state index contributed by atoms with van der Waals surface area (Å²) in [6.07, 6.45) is 0. The first-order chi connectivity index (χ1) is 8.76. The predicted octanol–water partition coefficient (Wildman–Crippen LogP) is 3.61. The Morgan fingerprint density at radius 1 is 1.21 bits per heavy atom. The van der Waals surface area contributed by atoms with E-state index in [0.717, 1.165) is 11.3 Å². The summed E-state index contributed by atoms with van der Waals surface area (Å²) in [5.41, 5.74) is 2.26. The van der Waals surface area contributed by atoms with Crippen molar-refractivity contribution in [1.82, 2.24) is 15.1 Å². The smallest absolute Gasteiger partial charge is 0.224 e. The predicted molar refractivity (Wildman–Crippen MR) is 75.4 cm³/mol. The lowest BCUT2D eigenvalue weighted by Gasteiger charge is -2.21. The van der Waals surface area contributed by atoms with Gasteiger partial charge in [0.1, 0.15) is 11.6 Å². The van der Waals surface area contributed by atoms with Crippen LogP contribution >= 0.6 is 11.6 Å². The SMILES string of the molecule is Cc1noc(C)c1-c1cc(NC(C)(C)C)nc(Cl)n1. The zero-order valence-electron chi connectivity index (χ0n) is 11.7. The molecule has 0 spiro atoms. The fraction of sp³-hybridized carbons (Fsp3) is 0.462. The topological polar surface area (TPSA) is 63.8 Å². The third-order valence-corrected chi connectivity index (χ3v) is 2.66. The van der Waals surface area contributed by atoms with Gasteiger partial charge in [-0.2, -0.15) is 0 Å². The molecule has 0 amide bonds. The Balaban J connectivity index is 2.48. The molecule has 2 heterocycles. The summed E-state index contributed by atoms with van der Waals surface area (Å²) in [4.78, 5) is 8.42. The van der Waals surface area contributed by atoms with E-state index < -0.39 is 0 Å². The van der Waals surface area contributed by atoms with E-state index in [4.69, 9.17) is 16.1 Å². The first kappa shape index (κ1) is 13.8. The lowest BCUT2D eigenvalue weighted by atomic mass is 10.1. The van der Waals surface area contributed by atoms with Crippen molar-refractivity contribution in [3.8, 4) is 11.3 Å². The zero-order chi connectivity index (χ0) is 14.2. The minimum atomic E-state index is -0.103. The molecule has 0 fully saturated rings. The molecule has 0 aromatic carbocycles. The van der Waals surface area contributed by atoms with Crippen molar-refractivity contribution in [3.63, 3.8) is 0 Å². The van der Waals surface area contributed by atoms with Crippen molar-refractivity contribution in [2.45, 2.75) is 40.2 Å². The Morgan fingerprint density at radius 3 is 2.42 bits per heavy atom. The van der Waals surface area contributed by atoms with Crippen LogP contribution in [0, 0.1) is 13.8 Å². The van der Waals surface area contributed by atoms with Gasteiger partial charge in [-0.3, -0.25) is 0 Å². The number of halogens is 1. The number of rotatable bonds is 2. The van der Waals surface area contributed by atoms with Gasteiger partial charge in [0.2, 0.25) is 5.28 Å². The van der Waals surface area contributed by atoms with Gasteiger partial charge in [0.05, 0.1) is 17.0 Å². The highest BCUT2D eigenvalue weighted by Gasteiger charge is 2.17. The minimum absolute atomic E-state index is 0.103. The Hall–Kier alpha value is -1.62. The maximum Gasteiger partial charge on any atom is 0.224 e. The molecule has 6 heteroatoms. The minimum Gasteiger partial charge on any atom is -0.365 e. The van der Waals surface area contributed by atoms with E-state index in [1.807, 2.05) is 19.9 Å². The number of nitrogens with one attached hydrogen (secondary N) is 1. The molecular weight excluding hydrogens is 264 g/mol. The van der Waals surface area contributed by atoms with Gasteiger partial charge >= 0.3 is 0 Å². The van der Waals surface area contributed by atoms with E-state index in [-0.39, 0.29) is 10.8 Å². The van der Waals surface area contributed by atoms with Crippen molar-refractivity contribution in [1.29, 1.82) is 0 Å². The molecule has 5 nitrogen and oxygen atoms in total. The van der Waals surface area contributed by atoms with Gasteiger partial charge in [-0.05, 0) is 46.2 Å². The molecule has 0 bridgehead atoms. The van der Waals surface area contributed by atoms with Crippen LogP contribution < -0.4 is 5.32 Å². The van der Waals surface area contributed by atoms with Gasteiger partial charge in [-0.15, -0.1) is 0 Å². The van der Waals surface area contributed by atoms with Crippen LogP contribution in [0.5, 0.6) is 0 Å². The lowest BCUT2D eigenvalue weighted by Crippen LogP contribution is -2.26. The number of hydrogen-bond donors (Lipinski definition) is 1. The average Bonchev–Trinajstić information content (AvgIpc) is 2.54. The maximum absolute atomic E-state index is 5.99. The fourth-order valence-electron chi connectivity index (χ4n) is 1.84. The Kier molecular flexibility index (Phi) is 3.49. The second-order valence-electron chi connectivity index (χ2n) is 5.48. The first-order valence-electron chi connectivity index (χ1n) is 6.02. The molecular formula is C13H17ClN4O. The molecule has 0 atom stereocenters. The number of hydrogen-bond acceptors (Lipinski definition) is 5. The van der Waals surface area contributed by atoms with Crippen LogP contribution in [0.2, 0.25) is 5.28 Å². The second kappa shape index (κ2) is 4.81. The molecule has 2 aromatic rings. The van der Waals surface area contributed by atoms with Gasteiger partial charge in [0.25, 0.3) is 0 Å². The van der Waals surface area contributed by atoms with Crippen LogP contribution in [0.15, 0.2) is 10.6 Å². The molecule has 0 unspecified atom stereocenters. The fourth-order valence-corrected chi connectivity index (χ4v) is 2.02. The largest absolute Gasteiger partial charge is 0.365 e. The van der Waals surface area contributed by atoms with Gasteiger partial charge < -0.3 is 9.84 Å². The second-order valence-corrected chi connectivity index (χ2v) is 5.82. The normalized spacial score (nSPS) is 11.7. The summed E-state index contributed by atoms with van der Waals surface area (Å²) in [5, 5.41) is 7.40. The molecule has 102 valence electrons. The van der Waals surface area contributed by atoms with Crippen molar-refractivity contribution < 1.29 is 4.52 Å². The Labute approximate surface area is 117 Å². The Bertz CT molecular complexity index is 582. The summed E-state index contributed by atoms with van der Waals surface area (Å²) in [5.74, 6) is 1.40. The monoisotopic (exact) mass is 280 g/mol. The summed E-state index contributed by atoms with van der Waals surface area (Å²) in [6, 6.07) is 1.85. The molecule has 2 rings (SSSR count). The van der Waals surface area contributed by atoms with Crippen LogP contribution in [-0.4, -0.2) is 20.7 Å². The molecule has 0 radical (unpaired) electrons. The summed E-state index contributed by atoms with van der Waals surface area (Å²) in [7, 11) is 0. The highest BCUT2D eigenvalue weighted by molar-refractivity contribution is 6.28. The summed E-state index contributed by atoms with van der Waals surface area (Å²) >= 11 is 5.99. The molecule has 0 aliphatic rings. The number of aryl methyl sites for hydroxylation is 2. The van der Waals surface area contributed by atoms with Crippen molar-refractivity contribution in [2.24, 2.45) is 0 Å². The molecule has 0 aliphatic heterocycles. The number of nitrogens with zero attached hydrogens (tertiary/aromatic N) is 3. The standard InChI is InChI=1S/C13H17ClN4O/c1-7-11(8(2)19-18-7)9-6-10(16-12(14)15-9)17-13(3,4)5/h6H,1-5H3,(H,15,16,17). The molecule has 19 heavy (non-hydrogen) atoms. The van der Waals surface area contributed by atoms with Gasteiger partial charge in [-0.1, -0.05) is 5.16 Å². The molecule has 0 aliphatic carbocycles. The third kappa shape index (κ3) is 3.23. The van der Waals surface area contributed by atoms with E-state index in [0.29, 0.717) is 17.3 Å². The van der Waals surface area contributed by atoms with E-state index in [1.165, 1.54) is 0 Å². The van der Waals surface area contributed by atoms with E-state index in [9.17, 15) is 0 Å². The Morgan fingerprint density at radius 2 is 1.89 bits per heavy atom. The average molecular weight is 281 g/mol. The highest BCUT2D eigenvalue weighted by atomic mass is 35.5. The van der Waals surface area contributed by atoms with E-state index in [1.54, 1.807) is 0 Å². The van der Waals surface area contributed by atoms with Crippen molar-refractivity contribution in [2.75, 3.05) is 5.32 Å². The summed E-state index contributed by atoms with van der Waals surface area (Å²) in [6.45, 7) is 9.89. The number of aromatic nitrogens is 3. The van der Waals surface area contributed by atoms with Crippen LogP contribution in [0.1, 0.15) is 32.2 Å². The molecule has 0 saturated carbocycles. The van der Waals surface area contributed by atoms with E-state index in [2.05, 4.69) is 41.2 Å². The van der Waals surface area contributed by atoms with Crippen LogP contribution in [0.3, 0.4) is 0 Å². The maximum atomic E-state index is 5.99. The quantitative estimate of drug-likeness (QED) is 0.851. The highest BCUT2D eigenvalue weighted by Crippen LogP contribution is 2.28. The van der Waals surface area contributed by atoms with Crippen LogP contribution in [-0.2, 0) is 0 Å². The van der Waals surface area contributed by atoms with Crippen molar-refractivity contribution in [3.05, 3.63) is 22.8 Å². The zero-order valence-corrected chi connectivity index (χ0v) is 12.5. The van der Waals surface area contributed by atoms with Crippen LogP contribution in [0.25, 0.3) is 11.3 Å². The molecule has 1 N–H and O–H groups in total. The van der Waals surface area contributed by atoms with Gasteiger partial charge in [-0.25, -0.2) is 9.97 Å². The van der Waals surface area contributed by atoms with Gasteiger partial charge in [0.15, 0.2) is 0 Å². The van der Waals surface area contributed by atoms with Gasteiger partial charge in [0, 0.05) is 11.6 Å². The lowest BCUT2D eigenvalue weighted by molar-refractivity contribution is 0.393. The first-order valence-corrected chi connectivity index (χ1v) is 6.40. The van der Waals surface area contributed by atoms with E-state index >= 15 is 0 Å². The third-order valence-electron chi connectivity index (χ3n) is 2.49. The number of anilines is 1. The van der Waals surface area contributed by atoms with Crippen LogP contribution in [0.4, 0.5) is 5.82 Å². The molecule has 0 saturated heterocycles. The van der Waals surface area contributed by atoms with Crippen molar-refractivity contribution >= 4 is 17.4 Å². The molecule has 2 aromatic heterocycles.